The van der Waals surface area contributed by atoms with Crippen LogP contribution in [-0.2, 0) is 16.7 Å². The molecular weight excluding hydrogens is 230 g/mol. The maximum absolute atomic E-state index is 5.32. The Kier molecular flexibility index (Phi) is 4.02. The molecular formula is C13H23N3O2. The highest BCUT2D eigenvalue weighted by Gasteiger charge is 2.30. The zero-order valence-electron chi connectivity index (χ0n) is 11.8. The first-order valence-corrected chi connectivity index (χ1v) is 6.57. The van der Waals surface area contributed by atoms with Crippen molar-refractivity contribution in [1.82, 2.24) is 15.0 Å². The summed E-state index contributed by atoms with van der Waals surface area (Å²) >= 11 is 0. The van der Waals surface area contributed by atoms with Crippen molar-refractivity contribution in [1.29, 1.82) is 0 Å². The van der Waals surface area contributed by atoms with E-state index in [4.69, 9.17) is 9.26 Å². The third-order valence-electron chi connectivity index (χ3n) is 3.10. The molecule has 0 aliphatic heterocycles. The van der Waals surface area contributed by atoms with Gasteiger partial charge in [0.05, 0.1) is 13.2 Å². The largest absolute Gasteiger partial charge is 0.383 e. The highest BCUT2D eigenvalue weighted by Crippen LogP contribution is 2.28. The minimum atomic E-state index is -0.0812. The van der Waals surface area contributed by atoms with Crippen LogP contribution < -0.4 is 0 Å². The van der Waals surface area contributed by atoms with Crippen molar-refractivity contribution in [2.75, 3.05) is 20.3 Å². The molecule has 1 aromatic heterocycles. The lowest BCUT2D eigenvalue weighted by Crippen LogP contribution is -2.29. The summed E-state index contributed by atoms with van der Waals surface area (Å²) in [5, 5.41) is 4.07. The summed E-state index contributed by atoms with van der Waals surface area (Å²) in [5.74, 6) is 1.49. The van der Waals surface area contributed by atoms with Crippen molar-refractivity contribution in [3.05, 3.63) is 11.7 Å². The molecule has 1 aromatic rings. The molecule has 1 heterocycles. The van der Waals surface area contributed by atoms with E-state index in [1.807, 2.05) is 0 Å². The van der Waals surface area contributed by atoms with E-state index in [2.05, 4.69) is 35.8 Å². The predicted molar refractivity (Wildman–Crippen MR) is 68.3 cm³/mol. The fraction of sp³-hybridized carbons (Fsp3) is 0.846. The number of nitrogens with zero attached hydrogens (tertiary/aromatic N) is 3. The second-order valence-electron chi connectivity index (χ2n) is 5.96. The van der Waals surface area contributed by atoms with Crippen LogP contribution >= 0.6 is 0 Å². The zero-order chi connectivity index (χ0) is 13.2. The Hall–Kier alpha value is -0.940. The van der Waals surface area contributed by atoms with Crippen molar-refractivity contribution in [2.24, 2.45) is 0 Å². The third-order valence-corrected chi connectivity index (χ3v) is 3.10. The molecule has 0 atom stereocenters. The van der Waals surface area contributed by atoms with Gasteiger partial charge in [-0.2, -0.15) is 4.98 Å². The van der Waals surface area contributed by atoms with E-state index in [0.717, 1.165) is 25.5 Å². The van der Waals surface area contributed by atoms with Crippen molar-refractivity contribution in [3.8, 4) is 0 Å². The molecule has 0 spiro atoms. The first kappa shape index (κ1) is 13.5. The summed E-state index contributed by atoms with van der Waals surface area (Å²) in [7, 11) is 1.73. The van der Waals surface area contributed by atoms with E-state index in [1.54, 1.807) is 7.11 Å². The van der Waals surface area contributed by atoms with Gasteiger partial charge in [0.25, 0.3) is 0 Å². The zero-order valence-corrected chi connectivity index (χ0v) is 11.8. The Morgan fingerprint density at radius 3 is 2.61 bits per heavy atom. The second kappa shape index (κ2) is 5.36. The van der Waals surface area contributed by atoms with Gasteiger partial charge in [-0.1, -0.05) is 25.9 Å². The summed E-state index contributed by atoms with van der Waals surface area (Å²) in [4.78, 5) is 6.86. The number of methoxy groups -OCH3 is 1. The minimum Gasteiger partial charge on any atom is -0.383 e. The average Bonchev–Trinajstić information content (AvgIpc) is 3.02. The molecule has 1 fully saturated rings. The summed E-state index contributed by atoms with van der Waals surface area (Å²) in [6.45, 7) is 8.67. The predicted octanol–water partition coefficient (Wildman–Crippen LogP) is 1.98. The van der Waals surface area contributed by atoms with E-state index in [-0.39, 0.29) is 5.41 Å². The van der Waals surface area contributed by atoms with Crippen LogP contribution in [0.5, 0.6) is 0 Å². The lowest BCUT2D eigenvalue weighted by molar-refractivity contribution is 0.137. The molecule has 0 radical (unpaired) electrons. The maximum atomic E-state index is 5.32. The number of hydrogen-bond donors (Lipinski definition) is 0. The lowest BCUT2D eigenvalue weighted by Gasteiger charge is -2.19. The molecule has 1 aliphatic rings. The number of hydrogen-bond acceptors (Lipinski definition) is 5. The van der Waals surface area contributed by atoms with E-state index in [0.29, 0.717) is 11.9 Å². The second-order valence-corrected chi connectivity index (χ2v) is 5.96. The molecule has 0 bridgehead atoms. The summed E-state index contributed by atoms with van der Waals surface area (Å²) in [6, 6.07) is 0.678. The Morgan fingerprint density at radius 1 is 1.39 bits per heavy atom. The SMILES string of the molecule is COCCN(Cc1noc(C(C)(C)C)n1)C1CC1. The fourth-order valence-corrected chi connectivity index (χ4v) is 1.84. The van der Waals surface area contributed by atoms with Crippen LogP contribution in [0.4, 0.5) is 0 Å². The summed E-state index contributed by atoms with van der Waals surface area (Å²) < 4.78 is 10.5. The molecule has 1 aliphatic carbocycles. The van der Waals surface area contributed by atoms with Crippen molar-refractivity contribution < 1.29 is 9.26 Å². The number of rotatable bonds is 6. The van der Waals surface area contributed by atoms with Gasteiger partial charge in [-0.15, -0.1) is 0 Å². The van der Waals surface area contributed by atoms with Gasteiger partial charge in [0.2, 0.25) is 5.89 Å². The van der Waals surface area contributed by atoms with Gasteiger partial charge >= 0.3 is 0 Å². The first-order valence-electron chi connectivity index (χ1n) is 6.57. The highest BCUT2D eigenvalue weighted by atomic mass is 16.5. The van der Waals surface area contributed by atoms with Gasteiger partial charge in [0.15, 0.2) is 5.82 Å². The fourth-order valence-electron chi connectivity index (χ4n) is 1.84. The van der Waals surface area contributed by atoms with Crippen LogP contribution in [0.2, 0.25) is 0 Å². The van der Waals surface area contributed by atoms with Crippen LogP contribution in [-0.4, -0.2) is 41.3 Å². The van der Waals surface area contributed by atoms with Gasteiger partial charge in [-0.3, -0.25) is 4.90 Å². The van der Waals surface area contributed by atoms with E-state index in [9.17, 15) is 0 Å². The molecule has 0 amide bonds. The van der Waals surface area contributed by atoms with E-state index < -0.39 is 0 Å². The minimum absolute atomic E-state index is 0.0812. The maximum Gasteiger partial charge on any atom is 0.232 e. The normalized spacial score (nSPS) is 16.5. The number of ether oxygens (including phenoxy) is 1. The molecule has 1 saturated carbocycles. The smallest absolute Gasteiger partial charge is 0.232 e. The van der Waals surface area contributed by atoms with Gasteiger partial charge in [-0.25, -0.2) is 0 Å². The monoisotopic (exact) mass is 253 g/mol. The molecule has 0 unspecified atom stereocenters. The van der Waals surface area contributed by atoms with Gasteiger partial charge in [-0.05, 0) is 12.8 Å². The quantitative estimate of drug-likeness (QED) is 0.776. The highest BCUT2D eigenvalue weighted by molar-refractivity contribution is 4.99. The first-order chi connectivity index (χ1) is 8.50. The standard InChI is InChI=1S/C13H23N3O2/c1-13(2,3)12-14-11(15-18-12)9-16(7-8-17-4)10-5-6-10/h10H,5-9H2,1-4H3. The summed E-state index contributed by atoms with van der Waals surface area (Å²) in [6.07, 6.45) is 2.54. The van der Waals surface area contributed by atoms with Crippen LogP contribution in [0.25, 0.3) is 0 Å². The summed E-state index contributed by atoms with van der Waals surface area (Å²) in [5.41, 5.74) is -0.0812. The molecule has 18 heavy (non-hydrogen) atoms. The molecule has 2 rings (SSSR count). The van der Waals surface area contributed by atoms with Crippen LogP contribution in [0.15, 0.2) is 4.52 Å². The Bertz CT molecular complexity index is 380. The molecule has 0 saturated heterocycles. The van der Waals surface area contributed by atoms with E-state index >= 15 is 0 Å². The van der Waals surface area contributed by atoms with Crippen molar-refractivity contribution >= 4 is 0 Å². The Balaban J connectivity index is 1.96. The molecule has 5 nitrogen and oxygen atoms in total. The van der Waals surface area contributed by atoms with Gasteiger partial charge in [0, 0.05) is 25.1 Å². The molecule has 0 N–H and O–H groups in total. The van der Waals surface area contributed by atoms with Crippen molar-refractivity contribution in [3.63, 3.8) is 0 Å². The molecule has 0 aromatic carbocycles. The Morgan fingerprint density at radius 2 is 2.11 bits per heavy atom. The van der Waals surface area contributed by atoms with Crippen LogP contribution in [0.3, 0.4) is 0 Å². The topological polar surface area (TPSA) is 51.4 Å². The molecule has 5 heteroatoms. The lowest BCUT2D eigenvalue weighted by atomic mass is 9.97. The van der Waals surface area contributed by atoms with Gasteiger partial charge < -0.3 is 9.26 Å². The Labute approximate surface area is 108 Å². The van der Waals surface area contributed by atoms with Crippen LogP contribution in [0.1, 0.15) is 45.3 Å². The third kappa shape index (κ3) is 3.53. The van der Waals surface area contributed by atoms with Crippen molar-refractivity contribution in [2.45, 2.75) is 51.6 Å². The molecule has 102 valence electrons. The van der Waals surface area contributed by atoms with Gasteiger partial charge in [0.1, 0.15) is 0 Å². The number of aromatic nitrogens is 2. The van der Waals surface area contributed by atoms with E-state index in [1.165, 1.54) is 12.8 Å². The van der Waals surface area contributed by atoms with Crippen LogP contribution in [0, 0.1) is 0 Å². The average molecular weight is 253 g/mol.